The van der Waals surface area contributed by atoms with Crippen molar-refractivity contribution < 1.29 is 13.9 Å². The van der Waals surface area contributed by atoms with Gasteiger partial charge in [0.15, 0.2) is 0 Å². The van der Waals surface area contributed by atoms with E-state index in [-0.39, 0.29) is 11.7 Å². The Bertz CT molecular complexity index is 1120. The van der Waals surface area contributed by atoms with Crippen molar-refractivity contribution in [3.63, 3.8) is 0 Å². The van der Waals surface area contributed by atoms with Gasteiger partial charge in [0.2, 0.25) is 0 Å². The molecule has 0 saturated carbocycles. The van der Waals surface area contributed by atoms with Crippen molar-refractivity contribution in [1.29, 1.82) is 0 Å². The van der Waals surface area contributed by atoms with Crippen LogP contribution < -0.4 is 5.32 Å². The summed E-state index contributed by atoms with van der Waals surface area (Å²) in [7, 11) is 1.67. The van der Waals surface area contributed by atoms with E-state index in [0.29, 0.717) is 24.5 Å². The molecule has 0 fully saturated rings. The van der Waals surface area contributed by atoms with Crippen LogP contribution in [0.4, 0.5) is 10.1 Å². The first-order valence-electron chi connectivity index (χ1n) is 8.76. The van der Waals surface area contributed by atoms with E-state index in [9.17, 15) is 9.18 Å². The Kier molecular flexibility index (Phi) is 5.18. The maximum Gasteiger partial charge on any atom is 0.275 e. The summed E-state index contributed by atoms with van der Waals surface area (Å²) in [6.07, 6.45) is 0. The molecule has 0 aliphatic rings. The Morgan fingerprint density at radius 1 is 1.21 bits per heavy atom. The van der Waals surface area contributed by atoms with Gasteiger partial charge >= 0.3 is 0 Å². The van der Waals surface area contributed by atoms with Crippen molar-refractivity contribution in [2.45, 2.75) is 6.54 Å². The van der Waals surface area contributed by atoms with Gasteiger partial charge in [-0.05, 0) is 36.4 Å². The van der Waals surface area contributed by atoms with Gasteiger partial charge in [-0.3, -0.25) is 4.79 Å². The van der Waals surface area contributed by atoms with E-state index in [0.717, 1.165) is 21.6 Å². The Hall–Kier alpha value is -3.03. The van der Waals surface area contributed by atoms with E-state index in [1.165, 1.54) is 35.6 Å². The van der Waals surface area contributed by atoms with Crippen molar-refractivity contribution in [2.24, 2.45) is 0 Å². The fourth-order valence-corrected chi connectivity index (χ4v) is 3.86. The minimum Gasteiger partial charge on any atom is -0.383 e. The number of halogens is 1. The number of fused-ring (bicyclic) bond motifs is 1. The summed E-state index contributed by atoms with van der Waals surface area (Å²) in [5.74, 6) is -0.675. The molecular formula is C21H18FN3O2S. The molecule has 0 radical (unpaired) electrons. The highest BCUT2D eigenvalue weighted by Gasteiger charge is 2.16. The summed E-state index contributed by atoms with van der Waals surface area (Å²) < 4.78 is 20.4. The van der Waals surface area contributed by atoms with Crippen LogP contribution in [0, 0.1) is 5.82 Å². The lowest BCUT2D eigenvalue weighted by Crippen LogP contribution is -2.12. The number of thiazole rings is 1. The highest BCUT2D eigenvalue weighted by atomic mass is 32.1. The van der Waals surface area contributed by atoms with Crippen molar-refractivity contribution >= 4 is 33.8 Å². The fourth-order valence-electron chi connectivity index (χ4n) is 3.04. The van der Waals surface area contributed by atoms with Gasteiger partial charge in [-0.1, -0.05) is 18.2 Å². The van der Waals surface area contributed by atoms with E-state index >= 15 is 0 Å². The Morgan fingerprint density at radius 3 is 2.79 bits per heavy atom. The molecule has 4 rings (SSSR count). The zero-order valence-corrected chi connectivity index (χ0v) is 16.0. The number of para-hydroxylation sites is 1. The van der Waals surface area contributed by atoms with E-state index in [2.05, 4.69) is 33.1 Å². The SMILES string of the molecule is COCCn1c(-c2nc(C(=O)Nc3ccc(F)cc3)cs2)cc2ccccc21. The van der Waals surface area contributed by atoms with Crippen molar-refractivity contribution in [1.82, 2.24) is 9.55 Å². The van der Waals surface area contributed by atoms with Gasteiger partial charge in [-0.2, -0.15) is 0 Å². The second kappa shape index (κ2) is 7.92. The highest BCUT2D eigenvalue weighted by Crippen LogP contribution is 2.30. The normalized spacial score (nSPS) is 11.1. The molecule has 1 N–H and O–H groups in total. The smallest absolute Gasteiger partial charge is 0.275 e. The topological polar surface area (TPSA) is 56.2 Å². The minimum absolute atomic E-state index is 0.325. The molecule has 5 nitrogen and oxygen atoms in total. The predicted octanol–water partition coefficient (Wildman–Crippen LogP) is 4.80. The second-order valence-electron chi connectivity index (χ2n) is 6.23. The monoisotopic (exact) mass is 395 g/mol. The van der Waals surface area contributed by atoms with E-state index < -0.39 is 0 Å². The van der Waals surface area contributed by atoms with E-state index in [1.807, 2.05) is 12.1 Å². The third-order valence-electron chi connectivity index (χ3n) is 4.39. The fraction of sp³-hybridized carbons (Fsp3) is 0.143. The van der Waals surface area contributed by atoms with Gasteiger partial charge in [0.1, 0.15) is 16.5 Å². The molecule has 0 spiro atoms. The summed E-state index contributed by atoms with van der Waals surface area (Å²) in [4.78, 5) is 17.0. The number of carbonyl (C=O) groups excluding carboxylic acids is 1. The molecular weight excluding hydrogens is 377 g/mol. The molecule has 1 amide bonds. The molecule has 28 heavy (non-hydrogen) atoms. The average molecular weight is 395 g/mol. The molecule has 0 atom stereocenters. The van der Waals surface area contributed by atoms with Gasteiger partial charge in [0.05, 0.1) is 12.3 Å². The van der Waals surface area contributed by atoms with Crippen LogP contribution in [-0.2, 0) is 11.3 Å². The van der Waals surface area contributed by atoms with Gasteiger partial charge in [-0.15, -0.1) is 11.3 Å². The number of hydrogen-bond donors (Lipinski definition) is 1. The van der Waals surface area contributed by atoms with Crippen LogP contribution in [-0.4, -0.2) is 29.2 Å². The zero-order chi connectivity index (χ0) is 19.5. The van der Waals surface area contributed by atoms with Crippen molar-refractivity contribution in [2.75, 3.05) is 19.0 Å². The average Bonchev–Trinajstić information content (AvgIpc) is 3.33. The molecule has 142 valence electrons. The summed E-state index contributed by atoms with van der Waals surface area (Å²) in [5.41, 5.74) is 2.90. The van der Waals surface area contributed by atoms with Gasteiger partial charge in [0, 0.05) is 35.6 Å². The first-order valence-corrected chi connectivity index (χ1v) is 9.63. The number of methoxy groups -OCH3 is 1. The van der Waals surface area contributed by atoms with E-state index in [1.54, 1.807) is 12.5 Å². The maximum atomic E-state index is 13.0. The number of anilines is 1. The van der Waals surface area contributed by atoms with Crippen molar-refractivity contribution in [3.8, 4) is 10.7 Å². The molecule has 0 aliphatic heterocycles. The summed E-state index contributed by atoms with van der Waals surface area (Å²) in [6.45, 7) is 1.27. The van der Waals surface area contributed by atoms with Gasteiger partial charge < -0.3 is 14.6 Å². The van der Waals surface area contributed by atoms with Crippen LogP contribution in [0.15, 0.2) is 60.0 Å². The lowest BCUT2D eigenvalue weighted by molar-refractivity contribution is 0.102. The first-order chi connectivity index (χ1) is 13.7. The number of amides is 1. The van der Waals surface area contributed by atoms with Gasteiger partial charge in [-0.25, -0.2) is 9.37 Å². The highest BCUT2D eigenvalue weighted by molar-refractivity contribution is 7.13. The first kappa shape index (κ1) is 18.3. The Morgan fingerprint density at radius 2 is 2.00 bits per heavy atom. The number of rotatable bonds is 6. The van der Waals surface area contributed by atoms with Crippen LogP contribution in [0.25, 0.3) is 21.6 Å². The number of nitrogens with zero attached hydrogens (tertiary/aromatic N) is 2. The standard InChI is InChI=1S/C21H18FN3O2S/c1-27-11-10-25-18-5-3-2-4-14(18)12-19(25)21-24-17(13-28-21)20(26)23-16-8-6-15(22)7-9-16/h2-9,12-13H,10-11H2,1H3,(H,23,26). The quantitative estimate of drug-likeness (QED) is 0.510. The van der Waals surface area contributed by atoms with Crippen molar-refractivity contribution in [3.05, 3.63) is 71.5 Å². The summed E-state index contributed by atoms with van der Waals surface area (Å²) >= 11 is 1.41. The summed E-state index contributed by atoms with van der Waals surface area (Å²) in [5, 5.41) is 6.34. The van der Waals surface area contributed by atoms with Gasteiger partial charge in [0.25, 0.3) is 5.91 Å². The predicted molar refractivity (Wildman–Crippen MR) is 109 cm³/mol. The third kappa shape index (κ3) is 3.67. The lowest BCUT2D eigenvalue weighted by Gasteiger charge is -2.08. The largest absolute Gasteiger partial charge is 0.383 e. The molecule has 0 unspecified atom stereocenters. The maximum absolute atomic E-state index is 13.0. The minimum atomic E-state index is -0.349. The molecule has 0 aliphatic carbocycles. The Balaban J connectivity index is 1.63. The number of benzene rings is 2. The van der Waals surface area contributed by atoms with Crippen LogP contribution in [0.2, 0.25) is 0 Å². The number of hydrogen-bond acceptors (Lipinski definition) is 4. The molecule has 0 bridgehead atoms. The van der Waals surface area contributed by atoms with Crippen LogP contribution in [0.1, 0.15) is 10.5 Å². The lowest BCUT2D eigenvalue weighted by atomic mass is 10.2. The third-order valence-corrected chi connectivity index (χ3v) is 5.25. The molecule has 2 heterocycles. The van der Waals surface area contributed by atoms with Crippen LogP contribution in [0.5, 0.6) is 0 Å². The molecule has 0 saturated heterocycles. The molecule has 4 aromatic rings. The van der Waals surface area contributed by atoms with Crippen LogP contribution in [0.3, 0.4) is 0 Å². The number of ether oxygens (including phenoxy) is 1. The molecule has 2 aromatic heterocycles. The molecule has 2 aromatic carbocycles. The Labute approximate surface area is 165 Å². The number of carbonyl (C=O) groups is 1. The second-order valence-corrected chi connectivity index (χ2v) is 7.09. The van der Waals surface area contributed by atoms with E-state index in [4.69, 9.17) is 4.74 Å². The number of nitrogens with one attached hydrogen (secondary N) is 1. The molecule has 7 heteroatoms. The summed E-state index contributed by atoms with van der Waals surface area (Å²) in [6, 6.07) is 15.8. The van der Waals surface area contributed by atoms with Crippen LogP contribution >= 0.6 is 11.3 Å². The number of aromatic nitrogens is 2. The zero-order valence-electron chi connectivity index (χ0n) is 15.2.